The van der Waals surface area contributed by atoms with Gasteiger partial charge in [0, 0.05) is 0 Å². The molecular weight excluding hydrogens is 208 g/mol. The summed E-state index contributed by atoms with van der Waals surface area (Å²) in [6, 6.07) is 12.3. The molecule has 0 N–H and O–H groups in total. The predicted molar refractivity (Wildman–Crippen MR) is 71.9 cm³/mol. The first kappa shape index (κ1) is 11.7. The topological polar surface area (TPSA) is 9.23 Å². The fraction of sp³-hybridized carbons (Fsp3) is 0.250. The average molecular weight is 226 g/mol. The fourth-order valence-corrected chi connectivity index (χ4v) is 1.80. The Kier molecular flexibility index (Phi) is 3.19. The maximum atomic E-state index is 5.85. The lowest BCUT2D eigenvalue weighted by molar-refractivity contribution is 0.481. The van der Waals surface area contributed by atoms with E-state index >= 15 is 0 Å². The van der Waals surface area contributed by atoms with Gasteiger partial charge in [-0.2, -0.15) is 0 Å². The molecule has 0 amide bonds. The average Bonchev–Trinajstić information content (AvgIpc) is 2.29. The number of benzene rings is 2. The second-order valence-corrected chi connectivity index (χ2v) is 4.60. The second-order valence-electron chi connectivity index (χ2n) is 4.60. The Bertz CT molecular complexity index is 501. The Labute approximate surface area is 103 Å². The van der Waals surface area contributed by atoms with E-state index in [2.05, 4.69) is 52.0 Å². The van der Waals surface area contributed by atoms with Crippen LogP contribution in [-0.2, 0) is 0 Å². The summed E-state index contributed by atoms with van der Waals surface area (Å²) in [6.45, 7) is 8.44. The van der Waals surface area contributed by atoms with Gasteiger partial charge in [-0.3, -0.25) is 0 Å². The number of hydrogen-bond donors (Lipinski definition) is 0. The molecule has 0 fully saturated rings. The number of ether oxygens (including phenoxy) is 1. The van der Waals surface area contributed by atoms with Crippen molar-refractivity contribution in [3.8, 4) is 11.5 Å². The van der Waals surface area contributed by atoms with Gasteiger partial charge < -0.3 is 4.74 Å². The Morgan fingerprint density at radius 2 is 1.24 bits per heavy atom. The Balaban J connectivity index is 2.27. The summed E-state index contributed by atoms with van der Waals surface area (Å²) >= 11 is 0. The lowest BCUT2D eigenvalue weighted by Crippen LogP contribution is -1.90. The number of aryl methyl sites for hydroxylation is 3. The molecule has 2 rings (SSSR count). The normalized spacial score (nSPS) is 10.4. The third-order valence-corrected chi connectivity index (χ3v) is 3.16. The van der Waals surface area contributed by atoms with E-state index in [1.165, 1.54) is 22.3 Å². The highest BCUT2D eigenvalue weighted by Crippen LogP contribution is 2.26. The Morgan fingerprint density at radius 3 is 1.76 bits per heavy atom. The minimum atomic E-state index is 0.887. The van der Waals surface area contributed by atoms with Crippen LogP contribution >= 0.6 is 0 Å². The fourth-order valence-electron chi connectivity index (χ4n) is 1.80. The first-order chi connectivity index (χ1) is 8.06. The van der Waals surface area contributed by atoms with Crippen molar-refractivity contribution in [2.24, 2.45) is 0 Å². The first-order valence-electron chi connectivity index (χ1n) is 5.88. The van der Waals surface area contributed by atoms with Gasteiger partial charge in [0.05, 0.1) is 0 Å². The maximum absolute atomic E-state index is 5.85. The van der Waals surface area contributed by atoms with E-state index in [1.807, 2.05) is 12.1 Å². The molecule has 2 aromatic carbocycles. The van der Waals surface area contributed by atoms with Crippen molar-refractivity contribution >= 4 is 0 Å². The van der Waals surface area contributed by atoms with Crippen LogP contribution in [0.3, 0.4) is 0 Å². The summed E-state index contributed by atoms with van der Waals surface area (Å²) < 4.78 is 5.85. The third-order valence-electron chi connectivity index (χ3n) is 3.16. The van der Waals surface area contributed by atoms with Crippen LogP contribution in [0.15, 0.2) is 36.4 Å². The molecule has 0 aliphatic rings. The molecule has 0 aromatic heterocycles. The minimum absolute atomic E-state index is 0.887. The van der Waals surface area contributed by atoms with Gasteiger partial charge in [0.25, 0.3) is 0 Å². The monoisotopic (exact) mass is 226 g/mol. The van der Waals surface area contributed by atoms with Crippen LogP contribution in [0.4, 0.5) is 0 Å². The number of rotatable bonds is 2. The van der Waals surface area contributed by atoms with Crippen LogP contribution < -0.4 is 4.74 Å². The standard InChI is InChI=1S/C16H18O/c1-11-5-7-15(8-6-11)17-16-9-12(2)14(4)13(3)10-16/h5-10H,1-4H3. The molecular formula is C16H18O. The highest BCUT2D eigenvalue weighted by molar-refractivity contribution is 5.42. The molecule has 0 saturated carbocycles. The third kappa shape index (κ3) is 2.68. The summed E-state index contributed by atoms with van der Waals surface area (Å²) in [7, 11) is 0. The summed E-state index contributed by atoms with van der Waals surface area (Å²) in [5.41, 5.74) is 5.12. The van der Waals surface area contributed by atoms with E-state index in [1.54, 1.807) is 0 Å². The molecule has 0 spiro atoms. The molecule has 0 saturated heterocycles. The molecule has 17 heavy (non-hydrogen) atoms. The SMILES string of the molecule is Cc1ccc(Oc2cc(C)c(C)c(C)c2)cc1. The quantitative estimate of drug-likeness (QED) is 0.720. The van der Waals surface area contributed by atoms with E-state index in [-0.39, 0.29) is 0 Å². The summed E-state index contributed by atoms with van der Waals surface area (Å²) in [5.74, 6) is 1.80. The van der Waals surface area contributed by atoms with Gasteiger partial charge in [-0.25, -0.2) is 0 Å². The smallest absolute Gasteiger partial charge is 0.127 e. The minimum Gasteiger partial charge on any atom is -0.457 e. The molecule has 1 heteroatoms. The Hall–Kier alpha value is -1.76. The summed E-state index contributed by atoms with van der Waals surface area (Å²) in [6.07, 6.45) is 0. The molecule has 0 bridgehead atoms. The van der Waals surface area contributed by atoms with Gasteiger partial charge in [-0.15, -0.1) is 0 Å². The molecule has 0 unspecified atom stereocenters. The van der Waals surface area contributed by atoms with Gasteiger partial charge in [0.1, 0.15) is 11.5 Å². The van der Waals surface area contributed by atoms with Crippen LogP contribution in [0.5, 0.6) is 11.5 Å². The largest absolute Gasteiger partial charge is 0.457 e. The molecule has 0 atom stereocenters. The molecule has 88 valence electrons. The van der Waals surface area contributed by atoms with Crippen molar-refractivity contribution in [2.75, 3.05) is 0 Å². The van der Waals surface area contributed by atoms with Gasteiger partial charge in [-0.1, -0.05) is 17.7 Å². The molecule has 1 nitrogen and oxygen atoms in total. The van der Waals surface area contributed by atoms with Crippen LogP contribution in [0.25, 0.3) is 0 Å². The van der Waals surface area contributed by atoms with Crippen molar-refractivity contribution in [3.05, 3.63) is 58.7 Å². The van der Waals surface area contributed by atoms with Crippen LogP contribution in [-0.4, -0.2) is 0 Å². The molecule has 0 aliphatic heterocycles. The lowest BCUT2D eigenvalue weighted by Gasteiger charge is -2.10. The van der Waals surface area contributed by atoms with Crippen molar-refractivity contribution in [3.63, 3.8) is 0 Å². The zero-order valence-electron chi connectivity index (χ0n) is 10.9. The van der Waals surface area contributed by atoms with Crippen molar-refractivity contribution in [1.29, 1.82) is 0 Å². The molecule has 0 radical (unpaired) electrons. The molecule has 0 heterocycles. The van der Waals surface area contributed by atoms with Gasteiger partial charge in [0.2, 0.25) is 0 Å². The zero-order chi connectivity index (χ0) is 12.4. The molecule has 0 aliphatic carbocycles. The van der Waals surface area contributed by atoms with Gasteiger partial charge in [-0.05, 0) is 68.7 Å². The zero-order valence-corrected chi connectivity index (χ0v) is 10.9. The van der Waals surface area contributed by atoms with E-state index in [0.29, 0.717) is 0 Å². The van der Waals surface area contributed by atoms with E-state index in [9.17, 15) is 0 Å². The van der Waals surface area contributed by atoms with E-state index in [0.717, 1.165) is 11.5 Å². The van der Waals surface area contributed by atoms with E-state index < -0.39 is 0 Å². The highest BCUT2D eigenvalue weighted by atomic mass is 16.5. The van der Waals surface area contributed by atoms with Gasteiger partial charge in [0.15, 0.2) is 0 Å². The van der Waals surface area contributed by atoms with Gasteiger partial charge >= 0.3 is 0 Å². The summed E-state index contributed by atoms with van der Waals surface area (Å²) in [4.78, 5) is 0. The van der Waals surface area contributed by atoms with Crippen LogP contribution in [0.1, 0.15) is 22.3 Å². The van der Waals surface area contributed by atoms with E-state index in [4.69, 9.17) is 4.74 Å². The molecule has 2 aromatic rings. The second kappa shape index (κ2) is 4.62. The van der Waals surface area contributed by atoms with Crippen LogP contribution in [0.2, 0.25) is 0 Å². The maximum Gasteiger partial charge on any atom is 0.127 e. The van der Waals surface area contributed by atoms with Crippen molar-refractivity contribution in [2.45, 2.75) is 27.7 Å². The predicted octanol–water partition coefficient (Wildman–Crippen LogP) is 4.71. The number of hydrogen-bond acceptors (Lipinski definition) is 1. The van der Waals surface area contributed by atoms with Crippen LogP contribution in [0, 0.1) is 27.7 Å². The lowest BCUT2D eigenvalue weighted by atomic mass is 10.0. The highest BCUT2D eigenvalue weighted by Gasteiger charge is 2.02. The van der Waals surface area contributed by atoms with Crippen molar-refractivity contribution in [1.82, 2.24) is 0 Å². The summed E-state index contributed by atoms with van der Waals surface area (Å²) in [5, 5.41) is 0. The Morgan fingerprint density at radius 1 is 0.706 bits per heavy atom. The van der Waals surface area contributed by atoms with Crippen molar-refractivity contribution < 1.29 is 4.74 Å². The first-order valence-corrected chi connectivity index (χ1v) is 5.88.